The monoisotopic (exact) mass is 213 g/mol. The molecule has 0 bridgehead atoms. The highest BCUT2D eigenvalue weighted by Crippen LogP contribution is 2.29. The van der Waals surface area contributed by atoms with Crippen LogP contribution >= 0.6 is 0 Å². The first-order chi connectivity index (χ1) is 7.92. The van der Waals surface area contributed by atoms with Gasteiger partial charge in [0, 0.05) is 18.4 Å². The van der Waals surface area contributed by atoms with E-state index in [0.29, 0.717) is 0 Å². The van der Waals surface area contributed by atoms with Crippen molar-refractivity contribution in [3.8, 4) is 11.3 Å². The van der Waals surface area contributed by atoms with Crippen molar-refractivity contribution >= 4 is 5.69 Å². The summed E-state index contributed by atoms with van der Waals surface area (Å²) >= 11 is 0. The number of nitrogens with one attached hydrogen (secondary N) is 2. The number of hydrogen-bond acceptors (Lipinski definition) is 2. The van der Waals surface area contributed by atoms with Crippen molar-refractivity contribution in [2.45, 2.75) is 12.8 Å². The summed E-state index contributed by atoms with van der Waals surface area (Å²) < 4.78 is 0. The van der Waals surface area contributed by atoms with E-state index in [1.165, 1.54) is 24.1 Å². The summed E-state index contributed by atoms with van der Waals surface area (Å²) in [5, 5.41) is 10.4. The van der Waals surface area contributed by atoms with Crippen molar-refractivity contribution < 1.29 is 0 Å². The second kappa shape index (κ2) is 4.00. The molecule has 1 aromatic carbocycles. The maximum absolute atomic E-state index is 3.95. The van der Waals surface area contributed by atoms with E-state index in [4.69, 9.17) is 0 Å². The van der Waals surface area contributed by atoms with Crippen molar-refractivity contribution in [3.63, 3.8) is 0 Å². The number of hydrogen-bond donors (Lipinski definition) is 2. The molecule has 0 atom stereocenters. The number of H-pyrrole nitrogens is 1. The van der Waals surface area contributed by atoms with E-state index < -0.39 is 0 Å². The highest BCUT2D eigenvalue weighted by molar-refractivity contribution is 5.62. The second-order valence-electron chi connectivity index (χ2n) is 4.37. The molecule has 2 aromatic rings. The van der Waals surface area contributed by atoms with Crippen LogP contribution in [-0.2, 0) is 0 Å². The Morgan fingerprint density at radius 3 is 2.62 bits per heavy atom. The fraction of sp³-hybridized carbons (Fsp3) is 0.308. The molecule has 16 heavy (non-hydrogen) atoms. The van der Waals surface area contributed by atoms with Crippen molar-refractivity contribution in [2.24, 2.45) is 5.92 Å². The fourth-order valence-electron chi connectivity index (χ4n) is 1.77. The topological polar surface area (TPSA) is 40.7 Å². The van der Waals surface area contributed by atoms with E-state index in [2.05, 4.69) is 39.8 Å². The predicted octanol–water partition coefficient (Wildman–Crippen LogP) is 2.90. The van der Waals surface area contributed by atoms with Gasteiger partial charge in [-0.25, -0.2) is 0 Å². The molecule has 1 saturated carbocycles. The summed E-state index contributed by atoms with van der Waals surface area (Å²) in [6, 6.07) is 10.5. The fourth-order valence-corrected chi connectivity index (χ4v) is 1.77. The van der Waals surface area contributed by atoms with Gasteiger partial charge in [0.2, 0.25) is 0 Å². The number of aromatic amines is 1. The average molecular weight is 213 g/mol. The highest BCUT2D eigenvalue weighted by atomic mass is 15.1. The van der Waals surface area contributed by atoms with Gasteiger partial charge in [-0.15, -0.1) is 0 Å². The van der Waals surface area contributed by atoms with Gasteiger partial charge in [0.25, 0.3) is 0 Å². The maximum Gasteiger partial charge on any atom is 0.0650 e. The Hall–Kier alpha value is -1.77. The molecular formula is C13H15N3. The van der Waals surface area contributed by atoms with Crippen LogP contribution in [-0.4, -0.2) is 16.7 Å². The summed E-state index contributed by atoms with van der Waals surface area (Å²) in [7, 11) is 0. The molecule has 3 rings (SSSR count). The van der Waals surface area contributed by atoms with E-state index in [0.717, 1.165) is 18.2 Å². The van der Waals surface area contributed by atoms with Gasteiger partial charge < -0.3 is 5.32 Å². The van der Waals surface area contributed by atoms with Crippen LogP contribution in [0.4, 0.5) is 5.69 Å². The summed E-state index contributed by atoms with van der Waals surface area (Å²) in [4.78, 5) is 0. The largest absolute Gasteiger partial charge is 0.385 e. The Bertz CT molecular complexity index is 441. The molecular weight excluding hydrogens is 198 g/mol. The number of nitrogens with zero attached hydrogens (tertiary/aromatic N) is 1. The van der Waals surface area contributed by atoms with Gasteiger partial charge in [0.05, 0.1) is 5.69 Å². The zero-order valence-electron chi connectivity index (χ0n) is 9.11. The molecule has 1 aliphatic carbocycles. The molecule has 2 N–H and O–H groups in total. The Balaban J connectivity index is 1.69. The quantitative estimate of drug-likeness (QED) is 0.819. The Morgan fingerprint density at radius 1 is 1.19 bits per heavy atom. The van der Waals surface area contributed by atoms with Crippen LogP contribution in [0.5, 0.6) is 0 Å². The van der Waals surface area contributed by atoms with Crippen molar-refractivity contribution in [2.75, 3.05) is 11.9 Å². The Labute approximate surface area is 94.9 Å². The molecule has 82 valence electrons. The maximum atomic E-state index is 3.95. The number of anilines is 1. The molecule has 3 heteroatoms. The molecule has 1 aromatic heterocycles. The summed E-state index contributed by atoms with van der Waals surface area (Å²) in [6.07, 6.45) is 4.55. The standard InChI is InChI=1S/C13H15N3/c1-2-10(1)9-14-12-5-3-11(4-6-12)13-7-8-15-16-13/h3-8,10,14H,1-2,9H2,(H,15,16). The molecule has 1 fully saturated rings. The first kappa shape index (κ1) is 9.46. The lowest BCUT2D eigenvalue weighted by Gasteiger charge is -2.05. The molecule has 0 spiro atoms. The zero-order chi connectivity index (χ0) is 10.8. The summed E-state index contributed by atoms with van der Waals surface area (Å²) in [5.74, 6) is 0.910. The number of rotatable bonds is 4. The number of aromatic nitrogens is 2. The van der Waals surface area contributed by atoms with Crippen molar-refractivity contribution in [1.29, 1.82) is 0 Å². The van der Waals surface area contributed by atoms with Gasteiger partial charge >= 0.3 is 0 Å². The molecule has 0 saturated heterocycles. The van der Waals surface area contributed by atoms with Crippen LogP contribution in [0, 0.1) is 5.92 Å². The van der Waals surface area contributed by atoms with Crippen molar-refractivity contribution in [1.82, 2.24) is 10.2 Å². The Morgan fingerprint density at radius 2 is 2.00 bits per heavy atom. The van der Waals surface area contributed by atoms with Gasteiger partial charge in [-0.05, 0) is 42.5 Å². The third-order valence-corrected chi connectivity index (χ3v) is 2.99. The van der Waals surface area contributed by atoms with E-state index in [1.807, 2.05) is 6.07 Å². The highest BCUT2D eigenvalue weighted by Gasteiger charge is 2.20. The van der Waals surface area contributed by atoms with Crippen LogP contribution < -0.4 is 5.32 Å². The lowest BCUT2D eigenvalue weighted by atomic mass is 10.1. The third-order valence-electron chi connectivity index (χ3n) is 2.99. The van der Waals surface area contributed by atoms with Crippen molar-refractivity contribution in [3.05, 3.63) is 36.5 Å². The van der Waals surface area contributed by atoms with E-state index in [1.54, 1.807) is 6.20 Å². The van der Waals surface area contributed by atoms with E-state index in [-0.39, 0.29) is 0 Å². The average Bonchev–Trinajstić information content (AvgIpc) is 3.00. The summed E-state index contributed by atoms with van der Waals surface area (Å²) in [5.41, 5.74) is 3.44. The normalized spacial score (nSPS) is 15.0. The van der Waals surface area contributed by atoms with Gasteiger partial charge in [-0.2, -0.15) is 5.10 Å². The second-order valence-corrected chi connectivity index (χ2v) is 4.37. The molecule has 0 unspecified atom stereocenters. The first-order valence-corrected chi connectivity index (χ1v) is 5.75. The minimum absolute atomic E-state index is 0.910. The molecule has 0 amide bonds. The predicted molar refractivity (Wildman–Crippen MR) is 65.2 cm³/mol. The van der Waals surface area contributed by atoms with E-state index >= 15 is 0 Å². The van der Waals surface area contributed by atoms with E-state index in [9.17, 15) is 0 Å². The molecule has 1 aliphatic rings. The zero-order valence-corrected chi connectivity index (χ0v) is 9.11. The van der Waals surface area contributed by atoms with Crippen LogP contribution in [0.15, 0.2) is 36.5 Å². The van der Waals surface area contributed by atoms with Gasteiger partial charge in [-0.3, -0.25) is 5.10 Å². The smallest absolute Gasteiger partial charge is 0.0650 e. The minimum atomic E-state index is 0.910. The molecule has 0 radical (unpaired) electrons. The minimum Gasteiger partial charge on any atom is -0.385 e. The Kier molecular flexibility index (Phi) is 2.37. The SMILES string of the molecule is c1cc(-c2ccc(NCC3CC3)cc2)[nH]n1. The molecule has 3 nitrogen and oxygen atoms in total. The first-order valence-electron chi connectivity index (χ1n) is 5.75. The lowest BCUT2D eigenvalue weighted by molar-refractivity contribution is 0.889. The number of benzene rings is 1. The molecule has 0 aliphatic heterocycles. The van der Waals surface area contributed by atoms with Gasteiger partial charge in [0.15, 0.2) is 0 Å². The van der Waals surface area contributed by atoms with Gasteiger partial charge in [0.1, 0.15) is 0 Å². The van der Waals surface area contributed by atoms with Gasteiger partial charge in [-0.1, -0.05) is 12.1 Å². The van der Waals surface area contributed by atoms with Crippen LogP contribution in [0.25, 0.3) is 11.3 Å². The van der Waals surface area contributed by atoms with Crippen LogP contribution in [0.2, 0.25) is 0 Å². The van der Waals surface area contributed by atoms with Crippen LogP contribution in [0.3, 0.4) is 0 Å². The summed E-state index contributed by atoms with van der Waals surface area (Å²) in [6.45, 7) is 1.11. The molecule has 1 heterocycles. The van der Waals surface area contributed by atoms with Crippen LogP contribution in [0.1, 0.15) is 12.8 Å². The third kappa shape index (κ3) is 2.08. The lowest BCUT2D eigenvalue weighted by Crippen LogP contribution is -2.02.